The summed E-state index contributed by atoms with van der Waals surface area (Å²) >= 11 is 0. The van der Waals surface area contributed by atoms with Gasteiger partial charge in [0, 0.05) is 19.1 Å². The molecule has 0 aromatic heterocycles. The van der Waals surface area contributed by atoms with Gasteiger partial charge in [-0.15, -0.1) is 0 Å². The molecule has 0 fully saturated rings. The molecular formula is C14H32N2O2S. The van der Waals surface area contributed by atoms with Crippen LogP contribution in [0.1, 0.15) is 59.8 Å². The van der Waals surface area contributed by atoms with E-state index in [1.54, 1.807) is 4.31 Å². The quantitative estimate of drug-likeness (QED) is 0.563. The molecule has 0 aromatic rings. The lowest BCUT2D eigenvalue weighted by Gasteiger charge is -2.22. The monoisotopic (exact) mass is 292 g/mol. The molecule has 5 heteroatoms. The third-order valence-electron chi connectivity index (χ3n) is 3.05. The van der Waals surface area contributed by atoms with E-state index < -0.39 is 10.0 Å². The van der Waals surface area contributed by atoms with Crippen molar-refractivity contribution < 1.29 is 8.42 Å². The predicted molar refractivity (Wildman–Crippen MR) is 82.9 cm³/mol. The topological polar surface area (TPSA) is 49.4 Å². The second-order valence-corrected chi connectivity index (χ2v) is 7.47. The Balaban J connectivity index is 4.25. The second kappa shape index (κ2) is 10.6. The van der Waals surface area contributed by atoms with E-state index in [2.05, 4.69) is 33.0 Å². The van der Waals surface area contributed by atoms with Crippen LogP contribution in [0.2, 0.25) is 0 Å². The first-order valence-corrected chi connectivity index (χ1v) is 9.26. The maximum atomic E-state index is 12.3. The Labute approximate surface area is 120 Å². The molecule has 0 aliphatic carbocycles. The van der Waals surface area contributed by atoms with E-state index in [4.69, 9.17) is 0 Å². The Hall–Kier alpha value is -0.130. The van der Waals surface area contributed by atoms with E-state index in [-0.39, 0.29) is 5.75 Å². The molecule has 0 atom stereocenters. The molecule has 0 heterocycles. The van der Waals surface area contributed by atoms with Gasteiger partial charge in [0.2, 0.25) is 10.0 Å². The molecule has 0 radical (unpaired) electrons. The van der Waals surface area contributed by atoms with Gasteiger partial charge in [-0.05, 0) is 25.8 Å². The number of nitrogens with zero attached hydrogens (tertiary/aromatic N) is 1. The van der Waals surface area contributed by atoms with Crippen molar-refractivity contribution in [2.45, 2.75) is 65.8 Å². The first-order chi connectivity index (χ1) is 8.94. The fourth-order valence-corrected chi connectivity index (χ4v) is 3.42. The van der Waals surface area contributed by atoms with Crippen LogP contribution < -0.4 is 5.32 Å². The maximum absolute atomic E-state index is 12.3. The van der Waals surface area contributed by atoms with Gasteiger partial charge >= 0.3 is 0 Å². The molecule has 0 spiro atoms. The first kappa shape index (κ1) is 18.9. The Morgan fingerprint density at radius 2 is 1.53 bits per heavy atom. The Kier molecular flexibility index (Phi) is 10.6. The van der Waals surface area contributed by atoms with Crippen LogP contribution in [0.4, 0.5) is 0 Å². The molecule has 0 amide bonds. The van der Waals surface area contributed by atoms with Crippen LogP contribution in [0.15, 0.2) is 0 Å². The highest BCUT2D eigenvalue weighted by atomic mass is 32.2. The summed E-state index contributed by atoms with van der Waals surface area (Å²) in [7, 11) is -3.07. The predicted octanol–water partition coefficient (Wildman–Crippen LogP) is 2.61. The maximum Gasteiger partial charge on any atom is 0.214 e. The number of hydrogen-bond donors (Lipinski definition) is 1. The van der Waals surface area contributed by atoms with Crippen LogP contribution in [0.3, 0.4) is 0 Å². The average Bonchev–Trinajstić information content (AvgIpc) is 2.34. The van der Waals surface area contributed by atoms with Gasteiger partial charge in [0.25, 0.3) is 0 Å². The summed E-state index contributed by atoms with van der Waals surface area (Å²) in [6.45, 7) is 10.5. The highest BCUT2D eigenvalue weighted by Crippen LogP contribution is 2.08. The van der Waals surface area contributed by atoms with E-state index in [1.807, 2.05) is 0 Å². The molecule has 0 unspecified atom stereocenters. The van der Waals surface area contributed by atoms with Crippen LogP contribution in [-0.2, 0) is 10.0 Å². The number of rotatable bonds is 12. The minimum Gasteiger partial charge on any atom is -0.314 e. The molecule has 0 aliphatic rings. The van der Waals surface area contributed by atoms with Gasteiger partial charge in [0.05, 0.1) is 5.75 Å². The van der Waals surface area contributed by atoms with Gasteiger partial charge in [-0.2, -0.15) is 0 Å². The number of unbranched alkanes of at least 4 members (excludes halogenated alkanes) is 2. The lowest BCUT2D eigenvalue weighted by molar-refractivity contribution is 0.394. The molecule has 19 heavy (non-hydrogen) atoms. The van der Waals surface area contributed by atoms with Crippen molar-refractivity contribution in [3.05, 3.63) is 0 Å². The smallest absolute Gasteiger partial charge is 0.214 e. The second-order valence-electron chi connectivity index (χ2n) is 5.38. The van der Waals surface area contributed by atoms with Crippen LogP contribution in [0.25, 0.3) is 0 Å². The number of hydrogen-bond acceptors (Lipinski definition) is 3. The fourth-order valence-electron chi connectivity index (χ4n) is 1.83. The molecular weight excluding hydrogens is 260 g/mol. The van der Waals surface area contributed by atoms with Gasteiger partial charge < -0.3 is 5.32 Å². The standard InChI is InChI=1S/C14H32N2O2S/c1-5-7-11-16(12-8-6-2)19(17,18)13-9-10-15-14(3)4/h14-15H,5-13H2,1-4H3. The summed E-state index contributed by atoms with van der Waals surface area (Å²) in [5, 5.41) is 3.26. The van der Waals surface area contributed by atoms with Crippen LogP contribution in [-0.4, -0.2) is 44.2 Å². The van der Waals surface area contributed by atoms with Gasteiger partial charge in [0.1, 0.15) is 0 Å². The number of sulfonamides is 1. The minimum atomic E-state index is -3.07. The highest BCUT2D eigenvalue weighted by molar-refractivity contribution is 7.89. The molecule has 0 rings (SSSR count). The van der Waals surface area contributed by atoms with Crippen molar-refractivity contribution in [2.24, 2.45) is 0 Å². The largest absolute Gasteiger partial charge is 0.314 e. The molecule has 1 N–H and O–H groups in total. The molecule has 0 saturated carbocycles. The highest BCUT2D eigenvalue weighted by Gasteiger charge is 2.20. The van der Waals surface area contributed by atoms with Crippen molar-refractivity contribution in [2.75, 3.05) is 25.4 Å². The van der Waals surface area contributed by atoms with Crippen molar-refractivity contribution in [3.63, 3.8) is 0 Å². The minimum absolute atomic E-state index is 0.264. The number of nitrogens with one attached hydrogen (secondary N) is 1. The van der Waals surface area contributed by atoms with E-state index >= 15 is 0 Å². The van der Waals surface area contributed by atoms with E-state index in [0.717, 1.165) is 32.2 Å². The van der Waals surface area contributed by atoms with Gasteiger partial charge in [0.15, 0.2) is 0 Å². The van der Waals surface area contributed by atoms with Crippen LogP contribution >= 0.6 is 0 Å². The molecule has 0 aliphatic heterocycles. The zero-order valence-corrected chi connectivity index (χ0v) is 13.9. The average molecular weight is 292 g/mol. The van der Waals surface area contributed by atoms with Crippen molar-refractivity contribution in [1.29, 1.82) is 0 Å². The SMILES string of the molecule is CCCCN(CCCC)S(=O)(=O)CCCNC(C)C. The molecule has 116 valence electrons. The normalized spacial score (nSPS) is 12.5. The van der Waals surface area contributed by atoms with Crippen molar-refractivity contribution in [3.8, 4) is 0 Å². The summed E-state index contributed by atoms with van der Waals surface area (Å²) < 4.78 is 26.3. The Bertz CT molecular complexity index is 295. The van der Waals surface area contributed by atoms with Gasteiger partial charge in [-0.1, -0.05) is 40.5 Å². The summed E-state index contributed by atoms with van der Waals surface area (Å²) in [5.74, 6) is 0.264. The third-order valence-corrected chi connectivity index (χ3v) is 5.00. The van der Waals surface area contributed by atoms with Gasteiger partial charge in [-0.3, -0.25) is 0 Å². The molecule has 0 bridgehead atoms. The lowest BCUT2D eigenvalue weighted by Crippen LogP contribution is -2.36. The summed E-state index contributed by atoms with van der Waals surface area (Å²) in [6.07, 6.45) is 4.66. The van der Waals surface area contributed by atoms with Crippen LogP contribution in [0, 0.1) is 0 Å². The van der Waals surface area contributed by atoms with Crippen molar-refractivity contribution in [1.82, 2.24) is 9.62 Å². The molecule has 0 aromatic carbocycles. The Morgan fingerprint density at radius 3 is 1.95 bits per heavy atom. The zero-order valence-electron chi connectivity index (χ0n) is 13.1. The van der Waals surface area contributed by atoms with E-state index in [1.165, 1.54) is 0 Å². The van der Waals surface area contributed by atoms with Gasteiger partial charge in [-0.25, -0.2) is 12.7 Å². The fraction of sp³-hybridized carbons (Fsp3) is 1.00. The lowest BCUT2D eigenvalue weighted by atomic mass is 10.3. The first-order valence-electron chi connectivity index (χ1n) is 7.65. The van der Waals surface area contributed by atoms with Crippen LogP contribution in [0.5, 0.6) is 0 Å². The molecule has 0 saturated heterocycles. The summed E-state index contributed by atoms with van der Waals surface area (Å²) in [6, 6.07) is 0.416. The summed E-state index contributed by atoms with van der Waals surface area (Å²) in [4.78, 5) is 0. The van der Waals surface area contributed by atoms with Crippen molar-refractivity contribution >= 4 is 10.0 Å². The molecule has 4 nitrogen and oxygen atoms in total. The Morgan fingerprint density at radius 1 is 1.00 bits per heavy atom. The zero-order chi connectivity index (χ0) is 14.7. The third kappa shape index (κ3) is 9.41. The van der Waals surface area contributed by atoms with E-state index in [0.29, 0.717) is 25.6 Å². The summed E-state index contributed by atoms with van der Waals surface area (Å²) in [5.41, 5.74) is 0. The van der Waals surface area contributed by atoms with E-state index in [9.17, 15) is 8.42 Å².